The molecular formula is C15H17FN2O. The minimum atomic E-state index is -0.479. The predicted octanol–water partition coefficient (Wildman–Crippen LogP) is 3.10. The fraction of sp³-hybridized carbons (Fsp3) is 0.267. The molecule has 19 heavy (non-hydrogen) atoms. The zero-order valence-electron chi connectivity index (χ0n) is 11.3. The van der Waals surface area contributed by atoms with Crippen LogP contribution in [0.15, 0.2) is 30.5 Å². The average molecular weight is 260 g/mol. The van der Waals surface area contributed by atoms with E-state index in [9.17, 15) is 4.39 Å². The zero-order valence-corrected chi connectivity index (χ0v) is 11.3. The highest BCUT2D eigenvalue weighted by atomic mass is 19.1. The maximum absolute atomic E-state index is 14.2. The number of aliphatic hydroxyl groups excluding tert-OH is 1. The van der Waals surface area contributed by atoms with Gasteiger partial charge in [-0.3, -0.25) is 0 Å². The summed E-state index contributed by atoms with van der Waals surface area (Å²) in [6.07, 6.45) is 1.50. The maximum Gasteiger partial charge on any atom is 0.171 e. The lowest BCUT2D eigenvalue weighted by Crippen LogP contribution is -2.15. The molecule has 100 valence electrons. The van der Waals surface area contributed by atoms with Crippen molar-refractivity contribution < 1.29 is 9.50 Å². The first kappa shape index (κ1) is 13.5. The lowest BCUT2D eigenvalue weighted by atomic mass is 10.1. The molecule has 0 saturated carbocycles. The molecule has 0 amide bonds. The molecule has 0 unspecified atom stereocenters. The SMILES string of the molecule is Cc1ccc(N(C)c2nccc(CO)c2F)c(C)c1. The summed E-state index contributed by atoms with van der Waals surface area (Å²) < 4.78 is 14.2. The van der Waals surface area contributed by atoms with Crippen LogP contribution >= 0.6 is 0 Å². The van der Waals surface area contributed by atoms with E-state index in [-0.39, 0.29) is 18.0 Å². The van der Waals surface area contributed by atoms with Crippen molar-refractivity contribution in [1.82, 2.24) is 4.98 Å². The Morgan fingerprint density at radius 1 is 1.26 bits per heavy atom. The van der Waals surface area contributed by atoms with Gasteiger partial charge in [-0.15, -0.1) is 0 Å². The Kier molecular flexibility index (Phi) is 3.81. The van der Waals surface area contributed by atoms with Gasteiger partial charge >= 0.3 is 0 Å². The summed E-state index contributed by atoms with van der Waals surface area (Å²) in [6, 6.07) is 7.44. The zero-order chi connectivity index (χ0) is 14.0. The van der Waals surface area contributed by atoms with Crippen molar-refractivity contribution in [1.29, 1.82) is 0 Å². The number of pyridine rings is 1. The number of benzene rings is 1. The van der Waals surface area contributed by atoms with Crippen molar-refractivity contribution in [3.8, 4) is 0 Å². The Bertz CT molecular complexity index is 599. The predicted molar refractivity (Wildman–Crippen MR) is 74.1 cm³/mol. The summed E-state index contributed by atoms with van der Waals surface area (Å²) in [5.74, 6) is -0.258. The number of hydrogen-bond acceptors (Lipinski definition) is 3. The smallest absolute Gasteiger partial charge is 0.171 e. The third kappa shape index (κ3) is 2.58. The van der Waals surface area contributed by atoms with Gasteiger partial charge in [-0.1, -0.05) is 17.7 Å². The molecule has 1 N–H and O–H groups in total. The van der Waals surface area contributed by atoms with Crippen LogP contribution in [0.2, 0.25) is 0 Å². The molecule has 0 atom stereocenters. The van der Waals surface area contributed by atoms with Crippen LogP contribution in [0.1, 0.15) is 16.7 Å². The Balaban J connectivity index is 2.47. The monoisotopic (exact) mass is 260 g/mol. The van der Waals surface area contributed by atoms with Gasteiger partial charge in [-0.05, 0) is 31.5 Å². The molecule has 0 aliphatic heterocycles. The van der Waals surface area contributed by atoms with E-state index in [0.717, 1.165) is 16.8 Å². The third-order valence-electron chi connectivity index (χ3n) is 3.15. The standard InChI is InChI=1S/C15H17FN2O/c1-10-4-5-13(11(2)8-10)18(3)15-14(16)12(9-19)6-7-17-15/h4-8,19H,9H2,1-3H3. The molecule has 1 aromatic heterocycles. The van der Waals surface area contributed by atoms with E-state index < -0.39 is 5.82 Å². The second-order valence-corrected chi connectivity index (χ2v) is 4.61. The average Bonchev–Trinajstić information content (AvgIpc) is 2.38. The summed E-state index contributed by atoms with van der Waals surface area (Å²) in [4.78, 5) is 5.76. The van der Waals surface area contributed by atoms with Crippen LogP contribution in [-0.4, -0.2) is 17.1 Å². The van der Waals surface area contributed by atoms with Gasteiger partial charge in [-0.25, -0.2) is 9.37 Å². The second-order valence-electron chi connectivity index (χ2n) is 4.61. The summed E-state index contributed by atoms with van der Waals surface area (Å²) in [5.41, 5.74) is 3.36. The molecular weight excluding hydrogens is 243 g/mol. The number of aliphatic hydroxyl groups is 1. The van der Waals surface area contributed by atoms with Crippen molar-refractivity contribution in [3.05, 3.63) is 53.0 Å². The van der Waals surface area contributed by atoms with Gasteiger partial charge < -0.3 is 10.0 Å². The topological polar surface area (TPSA) is 36.4 Å². The first-order valence-electron chi connectivity index (χ1n) is 6.10. The van der Waals surface area contributed by atoms with Gasteiger partial charge in [-0.2, -0.15) is 0 Å². The summed E-state index contributed by atoms with van der Waals surface area (Å²) in [7, 11) is 1.77. The second kappa shape index (κ2) is 5.36. The van der Waals surface area contributed by atoms with Crippen molar-refractivity contribution in [2.24, 2.45) is 0 Å². The number of halogens is 1. The fourth-order valence-corrected chi connectivity index (χ4v) is 2.12. The molecule has 1 heterocycles. The number of rotatable bonds is 3. The van der Waals surface area contributed by atoms with Crippen LogP contribution in [0.3, 0.4) is 0 Å². The van der Waals surface area contributed by atoms with Crippen LogP contribution in [0.25, 0.3) is 0 Å². The van der Waals surface area contributed by atoms with E-state index in [1.807, 2.05) is 32.0 Å². The quantitative estimate of drug-likeness (QED) is 0.921. The van der Waals surface area contributed by atoms with Crippen LogP contribution in [0, 0.1) is 19.7 Å². The van der Waals surface area contributed by atoms with Crippen molar-refractivity contribution in [2.45, 2.75) is 20.5 Å². The van der Waals surface area contributed by atoms with Crippen LogP contribution in [0.5, 0.6) is 0 Å². The van der Waals surface area contributed by atoms with E-state index in [0.29, 0.717) is 0 Å². The number of aromatic nitrogens is 1. The van der Waals surface area contributed by atoms with E-state index in [1.54, 1.807) is 11.9 Å². The Hall–Kier alpha value is -1.94. The van der Waals surface area contributed by atoms with Crippen molar-refractivity contribution in [2.75, 3.05) is 11.9 Å². The van der Waals surface area contributed by atoms with Gasteiger partial charge in [0, 0.05) is 24.5 Å². The molecule has 2 aromatic rings. The van der Waals surface area contributed by atoms with Gasteiger partial charge in [0.1, 0.15) is 0 Å². The van der Waals surface area contributed by atoms with Crippen LogP contribution < -0.4 is 4.90 Å². The van der Waals surface area contributed by atoms with Crippen LogP contribution in [-0.2, 0) is 6.61 Å². The third-order valence-corrected chi connectivity index (χ3v) is 3.15. The van der Waals surface area contributed by atoms with E-state index in [1.165, 1.54) is 12.3 Å². The number of hydrogen-bond donors (Lipinski definition) is 1. The summed E-state index contributed by atoms with van der Waals surface area (Å²) in [6.45, 7) is 3.66. The number of anilines is 2. The molecule has 0 aliphatic carbocycles. The lowest BCUT2D eigenvalue weighted by molar-refractivity contribution is 0.275. The molecule has 0 bridgehead atoms. The molecule has 1 aromatic carbocycles. The Morgan fingerprint density at radius 2 is 2.00 bits per heavy atom. The summed E-state index contributed by atoms with van der Waals surface area (Å²) >= 11 is 0. The number of aryl methyl sites for hydroxylation is 2. The first-order chi connectivity index (χ1) is 9.04. The minimum absolute atomic E-state index is 0.221. The summed E-state index contributed by atoms with van der Waals surface area (Å²) in [5, 5.41) is 9.10. The molecule has 4 heteroatoms. The first-order valence-corrected chi connectivity index (χ1v) is 6.10. The molecule has 0 fully saturated rings. The lowest BCUT2D eigenvalue weighted by Gasteiger charge is -2.22. The highest BCUT2D eigenvalue weighted by molar-refractivity contribution is 5.64. The van der Waals surface area contributed by atoms with Gasteiger partial charge in [0.25, 0.3) is 0 Å². The molecule has 0 saturated heterocycles. The van der Waals surface area contributed by atoms with E-state index >= 15 is 0 Å². The Labute approximate surface area is 112 Å². The number of nitrogens with zero attached hydrogens (tertiary/aromatic N) is 2. The minimum Gasteiger partial charge on any atom is -0.392 e. The molecule has 3 nitrogen and oxygen atoms in total. The molecule has 0 spiro atoms. The van der Waals surface area contributed by atoms with Gasteiger partial charge in [0.15, 0.2) is 11.6 Å². The highest BCUT2D eigenvalue weighted by Gasteiger charge is 2.15. The van der Waals surface area contributed by atoms with Gasteiger partial charge in [0.2, 0.25) is 0 Å². The van der Waals surface area contributed by atoms with E-state index in [4.69, 9.17) is 5.11 Å². The van der Waals surface area contributed by atoms with Crippen LogP contribution in [0.4, 0.5) is 15.9 Å². The normalized spacial score (nSPS) is 10.6. The highest BCUT2D eigenvalue weighted by Crippen LogP contribution is 2.28. The maximum atomic E-state index is 14.2. The molecule has 2 rings (SSSR count). The van der Waals surface area contributed by atoms with Crippen molar-refractivity contribution in [3.63, 3.8) is 0 Å². The molecule has 0 aliphatic rings. The van der Waals surface area contributed by atoms with Crippen molar-refractivity contribution >= 4 is 11.5 Å². The fourth-order valence-electron chi connectivity index (χ4n) is 2.12. The van der Waals surface area contributed by atoms with E-state index in [2.05, 4.69) is 4.98 Å². The Morgan fingerprint density at radius 3 is 2.63 bits per heavy atom. The molecule has 0 radical (unpaired) electrons. The van der Waals surface area contributed by atoms with Gasteiger partial charge in [0.05, 0.1) is 6.61 Å². The largest absolute Gasteiger partial charge is 0.392 e.